The number of fused-ring (bicyclic) bond motifs is 1. The van der Waals surface area contributed by atoms with Crippen LogP contribution < -0.4 is 10.9 Å². The van der Waals surface area contributed by atoms with Gasteiger partial charge in [-0.15, -0.1) is 0 Å². The Balaban J connectivity index is 2.03. The zero-order valence-electron chi connectivity index (χ0n) is 12.2. The van der Waals surface area contributed by atoms with Gasteiger partial charge in [0, 0.05) is 5.56 Å². The molecule has 0 fully saturated rings. The number of hydrogen-bond acceptors (Lipinski definition) is 5. The average Bonchev–Trinajstić information content (AvgIpc) is 2.60. The van der Waals surface area contributed by atoms with Gasteiger partial charge in [-0.2, -0.15) is 5.26 Å². The molecule has 0 radical (unpaired) electrons. The Morgan fingerprint density at radius 1 is 1.00 bits per heavy atom. The molecule has 0 unspecified atom stereocenters. The van der Waals surface area contributed by atoms with Crippen molar-refractivity contribution in [2.45, 2.75) is 6.42 Å². The number of aromatic nitrogens is 2. The molecule has 0 atom stereocenters. The maximum Gasteiger partial charge on any atom is 0.252 e. The van der Waals surface area contributed by atoms with E-state index in [4.69, 9.17) is 5.26 Å². The number of carbonyl (C=O) groups excluding carboxylic acids is 1. The summed E-state index contributed by atoms with van der Waals surface area (Å²) in [4.78, 5) is 20.6. The highest BCUT2D eigenvalue weighted by atomic mass is 16.2. The van der Waals surface area contributed by atoms with Crippen LogP contribution in [0.4, 0.5) is 5.82 Å². The molecule has 112 valence electrons. The molecule has 23 heavy (non-hydrogen) atoms. The van der Waals surface area contributed by atoms with Crippen LogP contribution in [0.15, 0.2) is 54.6 Å². The summed E-state index contributed by atoms with van der Waals surface area (Å²) in [5, 5.41) is 8.54. The topological polar surface area (TPSA) is 90.7 Å². The Morgan fingerprint density at radius 3 is 2.35 bits per heavy atom. The minimum atomic E-state index is -0.429. The van der Waals surface area contributed by atoms with E-state index < -0.39 is 5.91 Å². The minimum absolute atomic E-state index is 0.227. The number of benzene rings is 2. The first kappa shape index (κ1) is 14.5. The summed E-state index contributed by atoms with van der Waals surface area (Å²) in [7, 11) is 0. The summed E-state index contributed by atoms with van der Waals surface area (Å²) >= 11 is 0. The van der Waals surface area contributed by atoms with Crippen LogP contribution in [0.1, 0.15) is 6.42 Å². The highest BCUT2D eigenvalue weighted by Crippen LogP contribution is 2.26. The molecule has 0 saturated heterocycles. The van der Waals surface area contributed by atoms with E-state index in [0.717, 1.165) is 11.1 Å². The number of para-hydroxylation sites is 2. The molecule has 1 amide bonds. The summed E-state index contributed by atoms with van der Waals surface area (Å²) in [6.07, 6.45) is -0.227. The molecule has 0 saturated carbocycles. The van der Waals surface area contributed by atoms with Crippen LogP contribution in [0.25, 0.3) is 22.3 Å². The first-order chi connectivity index (χ1) is 11.3. The van der Waals surface area contributed by atoms with Crippen molar-refractivity contribution in [1.29, 1.82) is 5.26 Å². The lowest BCUT2D eigenvalue weighted by Gasteiger charge is -2.12. The van der Waals surface area contributed by atoms with Crippen LogP contribution in [0.2, 0.25) is 0 Å². The third kappa shape index (κ3) is 3.24. The van der Waals surface area contributed by atoms with Crippen LogP contribution in [-0.2, 0) is 4.79 Å². The van der Waals surface area contributed by atoms with E-state index in [2.05, 4.69) is 20.8 Å². The lowest BCUT2D eigenvalue weighted by molar-refractivity contribution is -0.119. The van der Waals surface area contributed by atoms with Gasteiger partial charge in [0.15, 0.2) is 5.82 Å². The van der Waals surface area contributed by atoms with Gasteiger partial charge in [0.1, 0.15) is 12.1 Å². The molecule has 2 aromatic carbocycles. The second-order valence-corrected chi connectivity index (χ2v) is 4.78. The van der Waals surface area contributed by atoms with Gasteiger partial charge in [-0.05, 0) is 12.1 Å². The Hall–Kier alpha value is -3.46. The van der Waals surface area contributed by atoms with E-state index in [-0.39, 0.29) is 6.42 Å². The predicted octanol–water partition coefficient (Wildman–Crippen LogP) is 2.65. The van der Waals surface area contributed by atoms with E-state index in [1.807, 2.05) is 54.6 Å². The van der Waals surface area contributed by atoms with Crippen molar-refractivity contribution >= 4 is 22.8 Å². The third-order valence-electron chi connectivity index (χ3n) is 3.18. The number of hydrazine groups is 1. The molecular weight excluding hydrogens is 290 g/mol. The van der Waals surface area contributed by atoms with Crippen LogP contribution in [0, 0.1) is 11.3 Å². The summed E-state index contributed by atoms with van der Waals surface area (Å²) in [5.41, 5.74) is 8.21. The molecule has 0 aliphatic rings. The normalized spacial score (nSPS) is 10.0. The Kier molecular flexibility index (Phi) is 4.11. The summed E-state index contributed by atoms with van der Waals surface area (Å²) in [6, 6.07) is 18.9. The van der Waals surface area contributed by atoms with Crippen LogP contribution in [0.5, 0.6) is 0 Å². The minimum Gasteiger partial charge on any atom is -0.280 e. The number of hydrogen-bond donors (Lipinski definition) is 2. The first-order valence-electron chi connectivity index (χ1n) is 7.02. The molecule has 1 aromatic heterocycles. The SMILES string of the molecule is N#CCC(=O)NNc1nc2ccccc2nc1-c1ccccc1. The fourth-order valence-electron chi connectivity index (χ4n) is 2.13. The van der Waals surface area contributed by atoms with Crippen molar-refractivity contribution in [3.05, 3.63) is 54.6 Å². The van der Waals surface area contributed by atoms with Gasteiger partial charge in [-0.1, -0.05) is 42.5 Å². The zero-order chi connectivity index (χ0) is 16.1. The Bertz CT molecular complexity index is 886. The highest BCUT2D eigenvalue weighted by molar-refractivity contribution is 5.85. The van der Waals surface area contributed by atoms with Crippen molar-refractivity contribution < 1.29 is 4.79 Å². The van der Waals surface area contributed by atoms with Crippen molar-refractivity contribution in [1.82, 2.24) is 15.4 Å². The van der Waals surface area contributed by atoms with E-state index in [1.54, 1.807) is 6.07 Å². The highest BCUT2D eigenvalue weighted by Gasteiger charge is 2.11. The van der Waals surface area contributed by atoms with Gasteiger partial charge in [0.05, 0.1) is 17.1 Å². The van der Waals surface area contributed by atoms with Gasteiger partial charge >= 0.3 is 0 Å². The molecular formula is C17H13N5O. The molecule has 0 bridgehead atoms. The van der Waals surface area contributed by atoms with E-state index in [0.29, 0.717) is 17.0 Å². The molecule has 2 N–H and O–H groups in total. The summed E-state index contributed by atoms with van der Waals surface area (Å²) in [6.45, 7) is 0. The first-order valence-corrected chi connectivity index (χ1v) is 7.02. The smallest absolute Gasteiger partial charge is 0.252 e. The number of carbonyl (C=O) groups is 1. The molecule has 3 aromatic rings. The number of nitrogens with zero attached hydrogens (tertiary/aromatic N) is 3. The lowest BCUT2D eigenvalue weighted by atomic mass is 10.1. The number of anilines is 1. The fourth-order valence-corrected chi connectivity index (χ4v) is 2.13. The summed E-state index contributed by atoms with van der Waals surface area (Å²) < 4.78 is 0. The quantitative estimate of drug-likeness (QED) is 0.723. The number of amides is 1. The molecule has 0 spiro atoms. The molecule has 0 aliphatic heterocycles. The van der Waals surface area contributed by atoms with Gasteiger partial charge in [-0.25, -0.2) is 9.97 Å². The van der Waals surface area contributed by atoms with E-state index in [1.165, 1.54) is 0 Å². The van der Waals surface area contributed by atoms with Crippen LogP contribution >= 0.6 is 0 Å². The van der Waals surface area contributed by atoms with Gasteiger partial charge in [-0.3, -0.25) is 15.6 Å². The Labute approximate surface area is 132 Å². The number of nitrogens with one attached hydrogen (secondary N) is 2. The van der Waals surface area contributed by atoms with E-state index >= 15 is 0 Å². The monoisotopic (exact) mass is 303 g/mol. The van der Waals surface area contributed by atoms with Crippen molar-refractivity contribution in [3.63, 3.8) is 0 Å². The second-order valence-electron chi connectivity index (χ2n) is 4.78. The maximum atomic E-state index is 11.5. The van der Waals surface area contributed by atoms with Gasteiger partial charge in [0.2, 0.25) is 0 Å². The van der Waals surface area contributed by atoms with Crippen LogP contribution in [0.3, 0.4) is 0 Å². The number of nitriles is 1. The molecule has 6 nitrogen and oxygen atoms in total. The third-order valence-corrected chi connectivity index (χ3v) is 3.18. The largest absolute Gasteiger partial charge is 0.280 e. The Morgan fingerprint density at radius 2 is 1.65 bits per heavy atom. The fraction of sp³-hybridized carbons (Fsp3) is 0.0588. The van der Waals surface area contributed by atoms with Gasteiger partial charge in [0.25, 0.3) is 5.91 Å². The average molecular weight is 303 g/mol. The second kappa shape index (κ2) is 6.54. The predicted molar refractivity (Wildman–Crippen MR) is 87.0 cm³/mol. The van der Waals surface area contributed by atoms with E-state index in [9.17, 15) is 4.79 Å². The molecule has 1 heterocycles. The maximum absolute atomic E-state index is 11.5. The van der Waals surface area contributed by atoms with Crippen LogP contribution in [-0.4, -0.2) is 15.9 Å². The van der Waals surface area contributed by atoms with Crippen molar-refractivity contribution in [2.75, 3.05) is 5.43 Å². The van der Waals surface area contributed by atoms with Crippen molar-refractivity contribution in [2.24, 2.45) is 0 Å². The standard InChI is InChI=1S/C17H13N5O/c18-11-10-15(23)21-22-17-16(12-6-2-1-3-7-12)19-13-8-4-5-9-14(13)20-17/h1-9H,10H2,(H,20,22)(H,21,23). The summed E-state index contributed by atoms with van der Waals surface area (Å²) in [5.74, 6) is 0.00246. The molecule has 3 rings (SSSR count). The molecule has 0 aliphatic carbocycles. The number of rotatable bonds is 4. The lowest BCUT2D eigenvalue weighted by Crippen LogP contribution is -2.29. The van der Waals surface area contributed by atoms with Crippen molar-refractivity contribution in [3.8, 4) is 17.3 Å². The zero-order valence-corrected chi connectivity index (χ0v) is 12.2. The van der Waals surface area contributed by atoms with Gasteiger partial charge < -0.3 is 0 Å². The molecule has 6 heteroatoms.